The lowest BCUT2D eigenvalue weighted by Crippen LogP contribution is -2.48. The third-order valence-electron chi connectivity index (χ3n) is 5.97. The van der Waals surface area contributed by atoms with E-state index in [2.05, 4.69) is 46.4 Å². The van der Waals surface area contributed by atoms with E-state index >= 15 is 0 Å². The molecule has 2 aliphatic heterocycles. The molecule has 2 saturated heterocycles. The van der Waals surface area contributed by atoms with E-state index in [9.17, 15) is 0 Å². The number of aromatic nitrogens is 1. The van der Waals surface area contributed by atoms with Crippen molar-refractivity contribution in [3.63, 3.8) is 0 Å². The number of likely N-dealkylation sites (tertiary alicyclic amines) is 1. The molecule has 3 heterocycles. The molecule has 29 heavy (non-hydrogen) atoms. The van der Waals surface area contributed by atoms with Gasteiger partial charge in [0.25, 0.3) is 0 Å². The average Bonchev–Trinajstić information content (AvgIpc) is 3.04. The number of nitrogens with zero attached hydrogens (tertiary/aromatic N) is 4. The Morgan fingerprint density at radius 1 is 1.07 bits per heavy atom. The molecule has 2 aliphatic rings. The van der Waals surface area contributed by atoms with Crippen LogP contribution in [0.4, 0.5) is 5.82 Å². The Hall–Kier alpha value is -1.82. The summed E-state index contributed by atoms with van der Waals surface area (Å²) in [6, 6.07) is 4.87. The zero-order chi connectivity index (χ0) is 20.3. The first-order valence-electron chi connectivity index (χ1n) is 11.8. The van der Waals surface area contributed by atoms with Crippen molar-refractivity contribution in [3.8, 4) is 0 Å². The molecule has 1 aromatic rings. The maximum absolute atomic E-state index is 4.82. The van der Waals surface area contributed by atoms with Crippen molar-refractivity contribution in [2.75, 3.05) is 44.2 Å². The van der Waals surface area contributed by atoms with Crippen LogP contribution in [0, 0.1) is 0 Å². The minimum absolute atomic E-state index is 0.518. The predicted molar refractivity (Wildman–Crippen MR) is 123 cm³/mol. The fourth-order valence-corrected chi connectivity index (χ4v) is 4.30. The second-order valence-corrected chi connectivity index (χ2v) is 8.38. The number of aliphatic imine (C=N–C) groups is 1. The number of hydrogen-bond acceptors (Lipinski definition) is 4. The molecule has 0 spiro atoms. The molecule has 3 rings (SSSR count). The number of nitrogens with one attached hydrogen (secondary N) is 2. The molecule has 0 amide bonds. The summed E-state index contributed by atoms with van der Waals surface area (Å²) in [6.45, 7) is 11.8. The van der Waals surface area contributed by atoms with Gasteiger partial charge in [-0.1, -0.05) is 25.8 Å². The standard InChI is InChI=1S/C23H40N6/c1-3-13-28-16-11-21(12-17-28)27-23(24-4-2)26-19-20-9-10-22(25-18-20)29-14-7-5-6-8-15-29/h9-10,18,21H,3-8,11-17,19H2,1-2H3,(H2,24,26,27). The molecule has 0 aliphatic carbocycles. The fraction of sp³-hybridized carbons (Fsp3) is 0.739. The Bertz CT molecular complexity index is 598. The van der Waals surface area contributed by atoms with Gasteiger partial charge in [-0.15, -0.1) is 0 Å². The molecular weight excluding hydrogens is 360 g/mol. The molecule has 6 nitrogen and oxygen atoms in total. The van der Waals surface area contributed by atoms with Gasteiger partial charge in [0, 0.05) is 45.0 Å². The number of pyridine rings is 1. The SMILES string of the molecule is CCCN1CCC(NC(=NCc2ccc(N3CCCCCC3)nc2)NCC)CC1. The summed E-state index contributed by atoms with van der Waals surface area (Å²) in [5.74, 6) is 2.04. The van der Waals surface area contributed by atoms with E-state index in [1.807, 2.05) is 6.20 Å². The van der Waals surface area contributed by atoms with E-state index in [1.165, 1.54) is 70.1 Å². The van der Waals surface area contributed by atoms with Crippen LogP contribution in [-0.4, -0.2) is 61.2 Å². The van der Waals surface area contributed by atoms with Crippen LogP contribution in [0.2, 0.25) is 0 Å². The maximum atomic E-state index is 4.82. The summed E-state index contributed by atoms with van der Waals surface area (Å²) in [5, 5.41) is 7.05. The molecule has 162 valence electrons. The third kappa shape index (κ3) is 7.18. The van der Waals surface area contributed by atoms with Crippen molar-refractivity contribution in [3.05, 3.63) is 23.9 Å². The number of hydrogen-bond donors (Lipinski definition) is 2. The molecule has 0 bridgehead atoms. The lowest BCUT2D eigenvalue weighted by molar-refractivity contribution is 0.206. The molecule has 2 fully saturated rings. The van der Waals surface area contributed by atoms with Gasteiger partial charge in [0.05, 0.1) is 6.54 Å². The van der Waals surface area contributed by atoms with Gasteiger partial charge in [0.2, 0.25) is 0 Å². The topological polar surface area (TPSA) is 55.8 Å². The molecule has 0 aromatic carbocycles. The molecule has 2 N–H and O–H groups in total. The third-order valence-corrected chi connectivity index (χ3v) is 5.97. The first-order chi connectivity index (χ1) is 14.3. The molecule has 0 saturated carbocycles. The van der Waals surface area contributed by atoms with Crippen LogP contribution in [0.1, 0.15) is 64.4 Å². The number of guanidine groups is 1. The maximum Gasteiger partial charge on any atom is 0.191 e. The lowest BCUT2D eigenvalue weighted by Gasteiger charge is -2.32. The van der Waals surface area contributed by atoms with E-state index in [0.29, 0.717) is 12.6 Å². The van der Waals surface area contributed by atoms with Crippen molar-refractivity contribution in [2.24, 2.45) is 4.99 Å². The monoisotopic (exact) mass is 400 g/mol. The van der Waals surface area contributed by atoms with E-state index in [-0.39, 0.29) is 0 Å². The van der Waals surface area contributed by atoms with Gasteiger partial charge in [-0.25, -0.2) is 9.98 Å². The van der Waals surface area contributed by atoms with Crippen LogP contribution in [0.5, 0.6) is 0 Å². The van der Waals surface area contributed by atoms with Gasteiger partial charge in [0.1, 0.15) is 5.82 Å². The highest BCUT2D eigenvalue weighted by Gasteiger charge is 2.19. The summed E-state index contributed by atoms with van der Waals surface area (Å²) in [6.07, 6.45) is 10.9. The Morgan fingerprint density at radius 2 is 1.83 bits per heavy atom. The van der Waals surface area contributed by atoms with Crippen LogP contribution in [0.15, 0.2) is 23.3 Å². The second kappa shape index (κ2) is 12.0. The van der Waals surface area contributed by atoms with Crippen molar-refractivity contribution in [1.82, 2.24) is 20.5 Å². The largest absolute Gasteiger partial charge is 0.357 e. The minimum atomic E-state index is 0.518. The molecule has 6 heteroatoms. The second-order valence-electron chi connectivity index (χ2n) is 8.38. The summed E-state index contributed by atoms with van der Waals surface area (Å²) < 4.78 is 0. The van der Waals surface area contributed by atoms with Crippen LogP contribution in [0.3, 0.4) is 0 Å². The Labute approximate surface area is 177 Å². The van der Waals surface area contributed by atoms with E-state index < -0.39 is 0 Å². The van der Waals surface area contributed by atoms with Gasteiger partial charge in [0.15, 0.2) is 5.96 Å². The molecular formula is C23H40N6. The molecule has 0 radical (unpaired) electrons. The minimum Gasteiger partial charge on any atom is -0.357 e. The molecule has 0 atom stereocenters. The summed E-state index contributed by atoms with van der Waals surface area (Å²) >= 11 is 0. The smallest absolute Gasteiger partial charge is 0.191 e. The van der Waals surface area contributed by atoms with Crippen molar-refractivity contribution >= 4 is 11.8 Å². The Morgan fingerprint density at radius 3 is 2.45 bits per heavy atom. The van der Waals surface area contributed by atoms with E-state index in [0.717, 1.165) is 31.4 Å². The van der Waals surface area contributed by atoms with E-state index in [1.54, 1.807) is 0 Å². The molecule has 1 aromatic heterocycles. The van der Waals surface area contributed by atoms with Gasteiger partial charge in [-0.2, -0.15) is 0 Å². The number of anilines is 1. The summed E-state index contributed by atoms with van der Waals surface area (Å²) in [5.41, 5.74) is 1.17. The highest BCUT2D eigenvalue weighted by atomic mass is 15.2. The van der Waals surface area contributed by atoms with Crippen LogP contribution in [0.25, 0.3) is 0 Å². The van der Waals surface area contributed by atoms with Gasteiger partial charge in [-0.3, -0.25) is 0 Å². The summed E-state index contributed by atoms with van der Waals surface area (Å²) in [7, 11) is 0. The van der Waals surface area contributed by atoms with Crippen LogP contribution >= 0.6 is 0 Å². The zero-order valence-corrected chi connectivity index (χ0v) is 18.5. The molecule has 0 unspecified atom stereocenters. The lowest BCUT2D eigenvalue weighted by atomic mass is 10.1. The Balaban J connectivity index is 1.51. The van der Waals surface area contributed by atoms with Crippen molar-refractivity contribution in [1.29, 1.82) is 0 Å². The normalized spacial score (nSPS) is 19.8. The highest BCUT2D eigenvalue weighted by molar-refractivity contribution is 5.80. The zero-order valence-electron chi connectivity index (χ0n) is 18.5. The van der Waals surface area contributed by atoms with Crippen molar-refractivity contribution < 1.29 is 0 Å². The summed E-state index contributed by atoms with van der Waals surface area (Å²) in [4.78, 5) is 14.5. The van der Waals surface area contributed by atoms with Crippen LogP contribution in [-0.2, 0) is 6.54 Å². The number of rotatable bonds is 7. The van der Waals surface area contributed by atoms with E-state index in [4.69, 9.17) is 9.98 Å². The van der Waals surface area contributed by atoms with Gasteiger partial charge in [-0.05, 0) is 57.2 Å². The van der Waals surface area contributed by atoms with Gasteiger partial charge >= 0.3 is 0 Å². The fourth-order valence-electron chi connectivity index (χ4n) is 4.30. The highest BCUT2D eigenvalue weighted by Crippen LogP contribution is 2.17. The number of piperidine rings is 1. The first-order valence-corrected chi connectivity index (χ1v) is 11.8. The van der Waals surface area contributed by atoms with Gasteiger partial charge < -0.3 is 20.4 Å². The van der Waals surface area contributed by atoms with Crippen LogP contribution < -0.4 is 15.5 Å². The van der Waals surface area contributed by atoms with Crippen molar-refractivity contribution in [2.45, 2.75) is 71.4 Å². The predicted octanol–water partition coefficient (Wildman–Crippen LogP) is 3.39. The quantitative estimate of drug-likeness (QED) is 0.543. The average molecular weight is 401 g/mol. The first kappa shape index (κ1) is 21.9. The Kier molecular flexibility index (Phi) is 9.06.